The van der Waals surface area contributed by atoms with Crippen LogP contribution in [0.1, 0.15) is 19.3 Å². The average molecular weight is 250 g/mol. The highest BCUT2D eigenvalue weighted by Gasteiger charge is 2.42. The Morgan fingerprint density at radius 2 is 2.06 bits per heavy atom. The summed E-state index contributed by atoms with van der Waals surface area (Å²) in [6, 6.07) is 8.11. The summed E-state index contributed by atoms with van der Waals surface area (Å²) in [5, 5.41) is 7.38. The number of hydrogen-bond donors (Lipinski definition) is 2. The summed E-state index contributed by atoms with van der Waals surface area (Å²) < 4.78 is 5.13. The van der Waals surface area contributed by atoms with Gasteiger partial charge in [0.15, 0.2) is 0 Å². The molecule has 1 aliphatic rings. The van der Waals surface area contributed by atoms with E-state index < -0.39 is 0 Å². The normalized spacial score (nSPS) is 16.5. The second-order valence-corrected chi connectivity index (χ2v) is 5.71. The first kappa shape index (κ1) is 12.3. The van der Waals surface area contributed by atoms with Gasteiger partial charge < -0.3 is 10.5 Å². The molecule has 0 unspecified atom stereocenters. The van der Waals surface area contributed by atoms with Crippen molar-refractivity contribution in [2.24, 2.45) is 11.1 Å². The van der Waals surface area contributed by atoms with Gasteiger partial charge in [-0.15, -0.1) is 11.8 Å². The molecule has 3 N–H and O–H groups in total. The van der Waals surface area contributed by atoms with E-state index in [2.05, 4.69) is 12.1 Å². The molecule has 17 heavy (non-hydrogen) atoms. The van der Waals surface area contributed by atoms with E-state index in [1.54, 1.807) is 7.11 Å². The fourth-order valence-electron chi connectivity index (χ4n) is 1.86. The summed E-state index contributed by atoms with van der Waals surface area (Å²) in [4.78, 5) is 1.25. The number of methoxy groups -OCH3 is 1. The standard InChI is InChI=1S/C13H18N2OS/c1-16-10-2-4-11(5-3-10)17-9-13(6-7-13)8-12(14)15/h2-5H,6-9H2,1H3,(H3,14,15). The first-order valence-corrected chi connectivity index (χ1v) is 6.72. The lowest BCUT2D eigenvalue weighted by atomic mass is 10.1. The molecule has 0 amide bonds. The molecular weight excluding hydrogens is 232 g/mol. The van der Waals surface area contributed by atoms with Crippen LogP contribution in [0.25, 0.3) is 0 Å². The van der Waals surface area contributed by atoms with Gasteiger partial charge in [0, 0.05) is 17.1 Å². The van der Waals surface area contributed by atoms with Gasteiger partial charge in [-0.3, -0.25) is 5.41 Å². The van der Waals surface area contributed by atoms with Crippen molar-refractivity contribution in [3.05, 3.63) is 24.3 Å². The molecule has 1 aliphatic carbocycles. The molecule has 3 nitrogen and oxygen atoms in total. The van der Waals surface area contributed by atoms with E-state index in [9.17, 15) is 0 Å². The number of nitrogens with two attached hydrogens (primary N) is 1. The minimum absolute atomic E-state index is 0.302. The Hall–Kier alpha value is -1.16. The van der Waals surface area contributed by atoms with Gasteiger partial charge >= 0.3 is 0 Å². The van der Waals surface area contributed by atoms with Gasteiger partial charge in [0.05, 0.1) is 12.9 Å². The lowest BCUT2D eigenvalue weighted by Gasteiger charge is -2.13. The van der Waals surface area contributed by atoms with Crippen molar-refractivity contribution < 1.29 is 4.74 Å². The molecule has 1 fully saturated rings. The molecule has 1 saturated carbocycles. The molecule has 0 aliphatic heterocycles. The second kappa shape index (κ2) is 5.00. The lowest BCUT2D eigenvalue weighted by Crippen LogP contribution is -2.17. The Balaban J connectivity index is 1.87. The van der Waals surface area contributed by atoms with Crippen LogP contribution in [0.15, 0.2) is 29.2 Å². The molecule has 1 aromatic rings. The summed E-state index contributed by atoms with van der Waals surface area (Å²) in [5.74, 6) is 2.26. The molecule has 4 heteroatoms. The molecule has 0 heterocycles. The number of rotatable bonds is 6. The third-order valence-electron chi connectivity index (χ3n) is 3.13. The predicted molar refractivity (Wildman–Crippen MR) is 71.9 cm³/mol. The zero-order valence-electron chi connectivity index (χ0n) is 10.0. The largest absolute Gasteiger partial charge is 0.497 e. The molecule has 0 atom stereocenters. The summed E-state index contributed by atoms with van der Waals surface area (Å²) in [6.07, 6.45) is 3.15. The highest BCUT2D eigenvalue weighted by Crippen LogP contribution is 2.51. The van der Waals surface area contributed by atoms with Crippen molar-refractivity contribution in [2.75, 3.05) is 12.9 Å². The maximum atomic E-state index is 7.38. The van der Waals surface area contributed by atoms with Crippen molar-refractivity contribution in [3.63, 3.8) is 0 Å². The molecule has 0 bridgehead atoms. The van der Waals surface area contributed by atoms with E-state index in [0.717, 1.165) is 17.9 Å². The van der Waals surface area contributed by atoms with Crippen LogP contribution < -0.4 is 10.5 Å². The van der Waals surface area contributed by atoms with E-state index in [-0.39, 0.29) is 0 Å². The van der Waals surface area contributed by atoms with Crippen LogP contribution in [0.5, 0.6) is 5.75 Å². The van der Waals surface area contributed by atoms with Crippen LogP contribution in [-0.4, -0.2) is 18.7 Å². The predicted octanol–water partition coefficient (Wildman–Crippen LogP) is 2.89. The summed E-state index contributed by atoms with van der Waals surface area (Å²) in [7, 11) is 1.67. The Bertz CT molecular complexity index is 398. The number of ether oxygens (including phenoxy) is 1. The number of hydrogen-bond acceptors (Lipinski definition) is 3. The summed E-state index contributed by atoms with van der Waals surface area (Å²) in [6.45, 7) is 0. The monoisotopic (exact) mass is 250 g/mol. The zero-order chi connectivity index (χ0) is 12.3. The molecular formula is C13H18N2OS. The molecule has 92 valence electrons. The molecule has 1 aromatic carbocycles. The Kier molecular flexibility index (Phi) is 3.62. The number of amidine groups is 1. The van der Waals surface area contributed by atoms with Crippen LogP contribution in [0.3, 0.4) is 0 Å². The van der Waals surface area contributed by atoms with Gasteiger partial charge in [-0.25, -0.2) is 0 Å². The first-order valence-electron chi connectivity index (χ1n) is 5.73. The fraction of sp³-hybridized carbons (Fsp3) is 0.462. The Morgan fingerprint density at radius 1 is 1.41 bits per heavy atom. The van der Waals surface area contributed by atoms with E-state index in [0.29, 0.717) is 11.3 Å². The van der Waals surface area contributed by atoms with Gasteiger partial charge in [0.1, 0.15) is 5.75 Å². The quantitative estimate of drug-likeness (QED) is 0.463. The third kappa shape index (κ3) is 3.40. The van der Waals surface area contributed by atoms with Crippen LogP contribution in [0.2, 0.25) is 0 Å². The first-order chi connectivity index (χ1) is 8.13. The highest BCUT2D eigenvalue weighted by molar-refractivity contribution is 7.99. The Morgan fingerprint density at radius 3 is 2.53 bits per heavy atom. The Labute approximate surface area is 106 Å². The zero-order valence-corrected chi connectivity index (χ0v) is 10.8. The van der Waals surface area contributed by atoms with Crippen LogP contribution >= 0.6 is 11.8 Å². The number of nitrogens with one attached hydrogen (secondary N) is 1. The fourth-order valence-corrected chi connectivity index (χ4v) is 3.05. The third-order valence-corrected chi connectivity index (χ3v) is 4.49. The summed E-state index contributed by atoms with van der Waals surface area (Å²) >= 11 is 1.84. The molecule has 0 aromatic heterocycles. The topological polar surface area (TPSA) is 59.1 Å². The second-order valence-electron chi connectivity index (χ2n) is 4.67. The molecule has 0 spiro atoms. The van der Waals surface area contributed by atoms with Crippen molar-refractivity contribution in [2.45, 2.75) is 24.2 Å². The highest BCUT2D eigenvalue weighted by atomic mass is 32.2. The average Bonchev–Trinajstić information content (AvgIpc) is 3.06. The SMILES string of the molecule is COc1ccc(SCC2(CC(=N)N)CC2)cc1. The van der Waals surface area contributed by atoms with E-state index in [4.69, 9.17) is 15.9 Å². The number of thioether (sulfide) groups is 1. The van der Waals surface area contributed by atoms with E-state index in [1.165, 1.54) is 17.7 Å². The van der Waals surface area contributed by atoms with Gasteiger partial charge in [-0.1, -0.05) is 0 Å². The van der Waals surface area contributed by atoms with Crippen molar-refractivity contribution in [3.8, 4) is 5.75 Å². The van der Waals surface area contributed by atoms with Crippen molar-refractivity contribution in [1.82, 2.24) is 0 Å². The minimum atomic E-state index is 0.302. The van der Waals surface area contributed by atoms with Gasteiger partial charge in [0.25, 0.3) is 0 Å². The molecule has 0 radical (unpaired) electrons. The molecule has 0 saturated heterocycles. The van der Waals surface area contributed by atoms with Gasteiger partial charge in [0.2, 0.25) is 0 Å². The smallest absolute Gasteiger partial charge is 0.118 e. The van der Waals surface area contributed by atoms with E-state index >= 15 is 0 Å². The van der Waals surface area contributed by atoms with Crippen molar-refractivity contribution in [1.29, 1.82) is 5.41 Å². The number of benzene rings is 1. The van der Waals surface area contributed by atoms with Gasteiger partial charge in [-0.05, 0) is 42.5 Å². The van der Waals surface area contributed by atoms with Gasteiger partial charge in [-0.2, -0.15) is 0 Å². The van der Waals surface area contributed by atoms with Crippen LogP contribution in [0.4, 0.5) is 0 Å². The summed E-state index contributed by atoms with van der Waals surface area (Å²) in [5.41, 5.74) is 5.78. The maximum Gasteiger partial charge on any atom is 0.118 e. The molecule has 2 rings (SSSR count). The van der Waals surface area contributed by atoms with E-state index in [1.807, 2.05) is 23.9 Å². The minimum Gasteiger partial charge on any atom is -0.497 e. The maximum absolute atomic E-state index is 7.38. The van der Waals surface area contributed by atoms with Crippen LogP contribution in [0, 0.1) is 10.8 Å². The lowest BCUT2D eigenvalue weighted by molar-refractivity contribution is 0.414. The van der Waals surface area contributed by atoms with Crippen LogP contribution in [-0.2, 0) is 0 Å². The van der Waals surface area contributed by atoms with Crippen molar-refractivity contribution >= 4 is 17.6 Å².